The fourth-order valence-electron chi connectivity index (χ4n) is 3.75. The van der Waals surface area contributed by atoms with Crippen LogP contribution in [0.25, 0.3) is 0 Å². The molecule has 11 heteroatoms. The second-order valence-electron chi connectivity index (χ2n) is 10.0. The highest BCUT2D eigenvalue weighted by atomic mass is 16.5. The van der Waals surface area contributed by atoms with Gasteiger partial charge in [0.25, 0.3) is 5.91 Å². The number of carbonyl (C=O) groups is 5. The van der Waals surface area contributed by atoms with Gasteiger partial charge in [-0.05, 0) is 50.8 Å². The van der Waals surface area contributed by atoms with Gasteiger partial charge in [0.1, 0.15) is 5.75 Å². The minimum Gasteiger partial charge on any atom is -0.497 e. The number of nitrogens with zero attached hydrogens (tertiary/aromatic N) is 1. The number of benzene rings is 1. The van der Waals surface area contributed by atoms with Gasteiger partial charge in [0, 0.05) is 12.1 Å². The first-order chi connectivity index (χ1) is 16.9. The van der Waals surface area contributed by atoms with Crippen LogP contribution in [0.4, 0.5) is 4.79 Å². The molecule has 1 aliphatic carbocycles. The van der Waals surface area contributed by atoms with E-state index >= 15 is 0 Å². The molecular formula is C25H37N5O6. The fraction of sp³-hybridized carbons (Fsp3) is 0.560. The van der Waals surface area contributed by atoms with Gasteiger partial charge in [-0.3, -0.25) is 19.2 Å². The first-order valence-electron chi connectivity index (χ1n) is 12.0. The zero-order chi connectivity index (χ0) is 26.9. The lowest BCUT2D eigenvalue weighted by Gasteiger charge is -2.30. The van der Waals surface area contributed by atoms with E-state index in [1.165, 1.54) is 12.0 Å². The van der Waals surface area contributed by atoms with Crippen molar-refractivity contribution in [1.82, 2.24) is 20.9 Å². The molecule has 1 saturated carbocycles. The minimum atomic E-state index is -1.11. The summed E-state index contributed by atoms with van der Waals surface area (Å²) in [5.41, 5.74) is 5.39. The second-order valence-corrected chi connectivity index (χ2v) is 10.0. The number of primary amides is 1. The molecule has 1 fully saturated rings. The largest absolute Gasteiger partial charge is 0.497 e. The summed E-state index contributed by atoms with van der Waals surface area (Å²) < 4.78 is 5.23. The molecule has 1 aliphatic rings. The summed E-state index contributed by atoms with van der Waals surface area (Å²) in [6, 6.07) is 5.46. The zero-order valence-electron chi connectivity index (χ0n) is 21.4. The number of rotatable bonds is 12. The van der Waals surface area contributed by atoms with Gasteiger partial charge in [0.15, 0.2) is 0 Å². The van der Waals surface area contributed by atoms with Crippen molar-refractivity contribution in [2.75, 3.05) is 20.2 Å². The second kappa shape index (κ2) is 12.9. The summed E-state index contributed by atoms with van der Waals surface area (Å²) in [7, 11) is 1.52. The van der Waals surface area contributed by atoms with Crippen molar-refractivity contribution >= 4 is 29.5 Å². The van der Waals surface area contributed by atoms with Crippen LogP contribution >= 0.6 is 0 Å². The third kappa shape index (κ3) is 9.55. The third-order valence-corrected chi connectivity index (χ3v) is 5.77. The number of carbonyl (C=O) groups excluding carboxylic acids is 5. The van der Waals surface area contributed by atoms with Crippen LogP contribution in [0.15, 0.2) is 24.3 Å². The molecule has 198 valence electrons. The number of ether oxygens (including phenoxy) is 1. The molecule has 0 bridgehead atoms. The smallest absolute Gasteiger partial charge is 0.315 e. The van der Waals surface area contributed by atoms with Crippen LogP contribution in [-0.2, 0) is 25.7 Å². The predicted octanol–water partition coefficient (Wildman–Crippen LogP) is 0.851. The topological polar surface area (TPSA) is 160 Å². The number of ketones is 1. The molecule has 0 heterocycles. The lowest BCUT2D eigenvalue weighted by Crippen LogP contribution is -2.52. The van der Waals surface area contributed by atoms with Crippen LogP contribution < -0.4 is 26.4 Å². The minimum absolute atomic E-state index is 0.0586. The Kier molecular flexibility index (Phi) is 10.2. The Hall–Kier alpha value is -3.63. The molecule has 11 nitrogen and oxygen atoms in total. The van der Waals surface area contributed by atoms with Gasteiger partial charge in [-0.1, -0.05) is 31.4 Å². The first kappa shape index (κ1) is 28.6. The average molecular weight is 504 g/mol. The van der Waals surface area contributed by atoms with Gasteiger partial charge >= 0.3 is 6.03 Å². The molecule has 1 aromatic carbocycles. The molecule has 5 N–H and O–H groups in total. The Morgan fingerprint density at radius 1 is 1.17 bits per heavy atom. The van der Waals surface area contributed by atoms with E-state index in [1.807, 2.05) is 0 Å². The van der Waals surface area contributed by atoms with Crippen molar-refractivity contribution in [3.8, 4) is 5.75 Å². The van der Waals surface area contributed by atoms with Crippen molar-refractivity contribution < 1.29 is 28.7 Å². The van der Waals surface area contributed by atoms with Crippen LogP contribution in [0.5, 0.6) is 5.75 Å². The maximum absolute atomic E-state index is 13.0. The maximum Gasteiger partial charge on any atom is 0.315 e. The van der Waals surface area contributed by atoms with E-state index in [0.29, 0.717) is 17.7 Å². The quantitative estimate of drug-likeness (QED) is 0.309. The van der Waals surface area contributed by atoms with E-state index in [-0.39, 0.29) is 25.6 Å². The van der Waals surface area contributed by atoms with Crippen molar-refractivity contribution in [3.63, 3.8) is 0 Å². The highest BCUT2D eigenvalue weighted by Crippen LogP contribution is 2.30. The van der Waals surface area contributed by atoms with Crippen molar-refractivity contribution in [1.29, 1.82) is 0 Å². The number of methoxy groups -OCH3 is 1. The van der Waals surface area contributed by atoms with Crippen molar-refractivity contribution in [2.45, 2.75) is 64.6 Å². The Labute approximate surface area is 211 Å². The van der Waals surface area contributed by atoms with Gasteiger partial charge in [0.05, 0.1) is 26.2 Å². The Morgan fingerprint density at radius 3 is 2.42 bits per heavy atom. The van der Waals surface area contributed by atoms with Gasteiger partial charge in [0.2, 0.25) is 17.6 Å². The lowest BCUT2D eigenvalue weighted by molar-refractivity contribution is -0.140. The van der Waals surface area contributed by atoms with Crippen molar-refractivity contribution in [3.05, 3.63) is 29.8 Å². The van der Waals surface area contributed by atoms with Crippen molar-refractivity contribution in [2.24, 2.45) is 11.7 Å². The van der Waals surface area contributed by atoms with Crippen LogP contribution in [0, 0.1) is 5.92 Å². The van der Waals surface area contributed by atoms with E-state index in [1.54, 1.807) is 45.0 Å². The summed E-state index contributed by atoms with van der Waals surface area (Å²) in [6.07, 6.45) is 3.20. The van der Waals surface area contributed by atoms with Crippen LogP contribution in [0.3, 0.4) is 0 Å². The van der Waals surface area contributed by atoms with Gasteiger partial charge in [-0.15, -0.1) is 0 Å². The number of hydrogen-bond acceptors (Lipinski definition) is 6. The molecule has 36 heavy (non-hydrogen) atoms. The van der Waals surface area contributed by atoms with E-state index in [2.05, 4.69) is 16.0 Å². The molecule has 0 spiro atoms. The summed E-state index contributed by atoms with van der Waals surface area (Å²) in [5.74, 6) is -2.27. The van der Waals surface area contributed by atoms with E-state index in [9.17, 15) is 24.0 Å². The summed E-state index contributed by atoms with van der Waals surface area (Å²) >= 11 is 0. The lowest BCUT2D eigenvalue weighted by atomic mass is 9.80. The number of urea groups is 1. The molecule has 2 rings (SSSR count). The maximum atomic E-state index is 13.0. The monoisotopic (exact) mass is 503 g/mol. The highest BCUT2D eigenvalue weighted by Gasteiger charge is 2.31. The molecule has 1 unspecified atom stereocenters. The molecule has 5 amide bonds. The summed E-state index contributed by atoms with van der Waals surface area (Å²) in [6.45, 7) is 4.75. The number of nitrogens with one attached hydrogen (secondary N) is 3. The molecule has 0 saturated heterocycles. The molecule has 0 radical (unpaired) electrons. The van der Waals surface area contributed by atoms with E-state index in [0.717, 1.165) is 19.3 Å². The van der Waals surface area contributed by atoms with E-state index < -0.39 is 41.1 Å². The standard InChI is InChI=1S/C25H37N5O6/c1-25(2,3)29-24(35)27-13-21(32)30(14-17-9-6-10-18(11-17)36-4)15-20(31)28-19(22(33)23(26)34)12-16-7-5-8-16/h6,9-11,16,19H,5,7-8,12-15H2,1-4H3,(H2,26,34)(H,28,31)(H2,27,29,35). The number of amides is 5. The average Bonchev–Trinajstić information content (AvgIpc) is 2.76. The van der Waals surface area contributed by atoms with E-state index in [4.69, 9.17) is 10.5 Å². The Morgan fingerprint density at radius 2 is 1.86 bits per heavy atom. The Bertz CT molecular complexity index is 970. The molecule has 1 aromatic rings. The van der Waals surface area contributed by atoms with Gasteiger partial charge in [-0.25, -0.2) is 4.79 Å². The molecule has 1 atom stereocenters. The summed E-state index contributed by atoms with van der Waals surface area (Å²) in [4.78, 5) is 63.0. The summed E-state index contributed by atoms with van der Waals surface area (Å²) in [5, 5.41) is 7.78. The molecule has 0 aromatic heterocycles. The Balaban J connectivity index is 2.12. The normalized spacial score (nSPS) is 14.1. The first-order valence-corrected chi connectivity index (χ1v) is 12.0. The molecule has 0 aliphatic heterocycles. The third-order valence-electron chi connectivity index (χ3n) is 5.77. The van der Waals surface area contributed by atoms with Crippen LogP contribution in [0.1, 0.15) is 52.0 Å². The number of Topliss-reactive ketones (excluding diaryl/α,β-unsaturated/α-hetero) is 1. The fourth-order valence-corrected chi connectivity index (χ4v) is 3.75. The van der Waals surface area contributed by atoms with Gasteiger partial charge in [-0.2, -0.15) is 0 Å². The highest BCUT2D eigenvalue weighted by molar-refractivity contribution is 6.37. The molecular weight excluding hydrogens is 466 g/mol. The van der Waals surface area contributed by atoms with Gasteiger partial charge < -0.3 is 31.3 Å². The predicted molar refractivity (Wildman–Crippen MR) is 133 cm³/mol. The van der Waals surface area contributed by atoms with Crippen LogP contribution in [-0.4, -0.2) is 66.2 Å². The number of nitrogens with two attached hydrogens (primary N) is 1. The van der Waals surface area contributed by atoms with Crippen LogP contribution in [0.2, 0.25) is 0 Å². The SMILES string of the molecule is COc1cccc(CN(CC(=O)NC(CC2CCC2)C(=O)C(N)=O)C(=O)CNC(=O)NC(C)(C)C)c1. The zero-order valence-corrected chi connectivity index (χ0v) is 21.4. The number of hydrogen-bond donors (Lipinski definition) is 4.